The monoisotopic (exact) mass is 192 g/mol. The Morgan fingerprint density at radius 3 is 3.00 bits per heavy atom. The Labute approximate surface area is 79.1 Å². The second kappa shape index (κ2) is 3.14. The fourth-order valence-electron chi connectivity index (χ4n) is 1.14. The summed E-state index contributed by atoms with van der Waals surface area (Å²) in [5.74, 6) is 0.647. The summed E-state index contributed by atoms with van der Waals surface area (Å²) in [6.45, 7) is 1.78. The number of rotatable bonds is 1. The fraction of sp³-hybridized carbons (Fsp3) is 0.111. The molecule has 0 saturated carbocycles. The second-order valence-electron chi connectivity index (χ2n) is 2.73. The zero-order valence-electron chi connectivity index (χ0n) is 7.07. The van der Waals surface area contributed by atoms with Crippen LogP contribution in [0.5, 0.6) is 0 Å². The van der Waals surface area contributed by atoms with E-state index in [-0.39, 0.29) is 5.56 Å². The van der Waals surface area contributed by atoms with Crippen molar-refractivity contribution >= 4 is 11.3 Å². The van der Waals surface area contributed by atoms with Crippen LogP contribution in [0.4, 0.5) is 0 Å². The lowest BCUT2D eigenvalue weighted by molar-refractivity contribution is 1.02. The summed E-state index contributed by atoms with van der Waals surface area (Å²) in [5, 5.41) is 3.94. The molecule has 66 valence electrons. The summed E-state index contributed by atoms with van der Waals surface area (Å²) in [5.41, 5.74) is 1.63. The van der Waals surface area contributed by atoms with Gasteiger partial charge in [-0.3, -0.25) is 4.79 Å². The number of hydrogen-bond acceptors (Lipinski definition) is 3. The van der Waals surface area contributed by atoms with Crippen molar-refractivity contribution in [1.82, 2.24) is 9.97 Å². The van der Waals surface area contributed by atoms with E-state index in [1.54, 1.807) is 18.3 Å². The number of nitrogens with zero attached hydrogens (tertiary/aromatic N) is 1. The zero-order chi connectivity index (χ0) is 9.26. The first-order chi connectivity index (χ1) is 6.25. The molecule has 0 aliphatic heterocycles. The maximum atomic E-state index is 11.1. The second-order valence-corrected chi connectivity index (χ2v) is 3.51. The highest BCUT2D eigenvalue weighted by atomic mass is 32.1. The lowest BCUT2D eigenvalue weighted by Gasteiger charge is -1.96. The molecule has 0 aliphatic rings. The summed E-state index contributed by atoms with van der Waals surface area (Å²) in [6, 6.07) is 3.46. The van der Waals surface area contributed by atoms with Gasteiger partial charge in [0, 0.05) is 17.0 Å². The number of H-pyrrole nitrogens is 1. The Morgan fingerprint density at radius 2 is 2.38 bits per heavy atom. The molecule has 13 heavy (non-hydrogen) atoms. The first-order valence-electron chi connectivity index (χ1n) is 3.86. The molecule has 0 saturated heterocycles. The summed E-state index contributed by atoms with van der Waals surface area (Å²) in [4.78, 5) is 18.0. The van der Waals surface area contributed by atoms with Crippen LogP contribution in [0.3, 0.4) is 0 Å². The topological polar surface area (TPSA) is 45.8 Å². The van der Waals surface area contributed by atoms with Gasteiger partial charge in [0.2, 0.25) is 0 Å². The lowest BCUT2D eigenvalue weighted by Crippen LogP contribution is -2.08. The highest BCUT2D eigenvalue weighted by molar-refractivity contribution is 7.08. The average molecular weight is 192 g/mol. The average Bonchev–Trinajstić information content (AvgIpc) is 2.53. The molecule has 0 fully saturated rings. The lowest BCUT2D eigenvalue weighted by atomic mass is 10.2. The van der Waals surface area contributed by atoms with E-state index in [0.717, 1.165) is 11.3 Å². The third-order valence-electron chi connectivity index (χ3n) is 1.68. The van der Waals surface area contributed by atoms with E-state index in [2.05, 4.69) is 9.97 Å². The highest BCUT2D eigenvalue weighted by Gasteiger charge is 2.00. The predicted molar refractivity (Wildman–Crippen MR) is 52.9 cm³/mol. The smallest absolute Gasteiger partial charge is 0.251 e. The van der Waals surface area contributed by atoms with Crippen molar-refractivity contribution in [3.05, 3.63) is 39.1 Å². The molecule has 0 amide bonds. The first-order valence-corrected chi connectivity index (χ1v) is 4.80. The maximum Gasteiger partial charge on any atom is 0.251 e. The van der Waals surface area contributed by atoms with Crippen molar-refractivity contribution in [3.8, 4) is 11.3 Å². The molecule has 0 aliphatic carbocycles. The van der Waals surface area contributed by atoms with Crippen LogP contribution in [-0.4, -0.2) is 9.97 Å². The summed E-state index contributed by atoms with van der Waals surface area (Å²) in [6.07, 6.45) is 0. The van der Waals surface area contributed by atoms with Crippen molar-refractivity contribution in [2.45, 2.75) is 6.92 Å². The molecule has 0 unspecified atom stereocenters. The van der Waals surface area contributed by atoms with Gasteiger partial charge in [-0.1, -0.05) is 0 Å². The summed E-state index contributed by atoms with van der Waals surface area (Å²) >= 11 is 1.59. The Bertz CT molecular complexity index is 459. The van der Waals surface area contributed by atoms with Crippen LogP contribution in [0.2, 0.25) is 0 Å². The Kier molecular flexibility index (Phi) is 1.98. The Hall–Kier alpha value is -1.42. The van der Waals surface area contributed by atoms with E-state index >= 15 is 0 Å². The molecule has 4 heteroatoms. The first kappa shape index (κ1) is 8.19. The molecule has 2 aromatic rings. The third kappa shape index (κ3) is 1.67. The summed E-state index contributed by atoms with van der Waals surface area (Å²) in [7, 11) is 0. The van der Waals surface area contributed by atoms with Crippen LogP contribution in [0.15, 0.2) is 27.7 Å². The van der Waals surface area contributed by atoms with Crippen molar-refractivity contribution in [3.63, 3.8) is 0 Å². The number of hydrogen-bond donors (Lipinski definition) is 1. The van der Waals surface area contributed by atoms with Gasteiger partial charge in [-0.2, -0.15) is 11.3 Å². The Morgan fingerprint density at radius 1 is 1.54 bits per heavy atom. The zero-order valence-corrected chi connectivity index (χ0v) is 7.89. The molecular formula is C9H8N2OS. The van der Waals surface area contributed by atoms with Crippen LogP contribution < -0.4 is 5.56 Å². The van der Waals surface area contributed by atoms with E-state index in [0.29, 0.717) is 5.82 Å². The number of aromatic amines is 1. The molecule has 0 radical (unpaired) electrons. The van der Waals surface area contributed by atoms with Gasteiger partial charge in [0.25, 0.3) is 5.56 Å². The minimum Gasteiger partial charge on any atom is -0.311 e. The Balaban J connectivity index is 2.59. The molecule has 0 aromatic carbocycles. The predicted octanol–water partition coefficient (Wildman–Crippen LogP) is 1.81. The van der Waals surface area contributed by atoms with Gasteiger partial charge in [-0.05, 0) is 18.4 Å². The van der Waals surface area contributed by atoms with Crippen molar-refractivity contribution in [2.24, 2.45) is 0 Å². The fourth-order valence-corrected chi connectivity index (χ4v) is 1.79. The van der Waals surface area contributed by atoms with Gasteiger partial charge in [-0.25, -0.2) is 4.98 Å². The number of aryl methyl sites for hydroxylation is 1. The highest BCUT2D eigenvalue weighted by Crippen LogP contribution is 2.17. The normalized spacial score (nSPS) is 10.2. The van der Waals surface area contributed by atoms with E-state index in [1.165, 1.54) is 6.07 Å². The molecule has 3 nitrogen and oxygen atoms in total. The minimum absolute atomic E-state index is 0.103. The van der Waals surface area contributed by atoms with Gasteiger partial charge in [0.15, 0.2) is 0 Å². The quantitative estimate of drug-likeness (QED) is 0.749. The number of aromatic nitrogens is 2. The summed E-state index contributed by atoms with van der Waals surface area (Å²) < 4.78 is 0. The van der Waals surface area contributed by atoms with Gasteiger partial charge in [0.1, 0.15) is 5.82 Å². The maximum absolute atomic E-state index is 11.1. The molecule has 2 aromatic heterocycles. The third-order valence-corrected chi connectivity index (χ3v) is 2.36. The van der Waals surface area contributed by atoms with Gasteiger partial charge < -0.3 is 4.98 Å². The standard InChI is InChI=1S/C9H8N2OS/c1-6-10-8(4-9(12)11-6)7-2-3-13-5-7/h2-5H,1H3,(H,10,11,12). The van der Waals surface area contributed by atoms with Gasteiger partial charge >= 0.3 is 0 Å². The van der Waals surface area contributed by atoms with Crippen LogP contribution in [0.25, 0.3) is 11.3 Å². The van der Waals surface area contributed by atoms with Crippen LogP contribution in [0, 0.1) is 6.92 Å². The minimum atomic E-state index is -0.103. The molecule has 0 atom stereocenters. The molecule has 1 N–H and O–H groups in total. The largest absolute Gasteiger partial charge is 0.311 e. The van der Waals surface area contributed by atoms with Crippen molar-refractivity contribution in [2.75, 3.05) is 0 Å². The van der Waals surface area contributed by atoms with Crippen molar-refractivity contribution in [1.29, 1.82) is 0 Å². The molecule has 0 spiro atoms. The van der Waals surface area contributed by atoms with E-state index in [9.17, 15) is 4.79 Å². The molecule has 2 rings (SSSR count). The molecule has 0 bridgehead atoms. The number of thiophene rings is 1. The molecule has 2 heterocycles. The van der Waals surface area contributed by atoms with Crippen molar-refractivity contribution < 1.29 is 0 Å². The SMILES string of the molecule is Cc1nc(-c2ccsc2)cc(=O)[nH]1. The van der Waals surface area contributed by atoms with Crippen LogP contribution >= 0.6 is 11.3 Å². The van der Waals surface area contributed by atoms with E-state index in [4.69, 9.17) is 0 Å². The van der Waals surface area contributed by atoms with E-state index < -0.39 is 0 Å². The van der Waals surface area contributed by atoms with Gasteiger partial charge in [-0.15, -0.1) is 0 Å². The number of nitrogens with one attached hydrogen (secondary N) is 1. The van der Waals surface area contributed by atoms with Crippen LogP contribution in [0.1, 0.15) is 5.82 Å². The van der Waals surface area contributed by atoms with Gasteiger partial charge in [0.05, 0.1) is 5.69 Å². The molecular weight excluding hydrogens is 184 g/mol. The van der Waals surface area contributed by atoms with E-state index in [1.807, 2.05) is 16.8 Å². The van der Waals surface area contributed by atoms with Crippen LogP contribution in [-0.2, 0) is 0 Å².